The van der Waals surface area contributed by atoms with Gasteiger partial charge < -0.3 is 9.80 Å². The molecule has 5 nitrogen and oxygen atoms in total. The number of carbonyl (C=O) groups is 2. The zero-order chi connectivity index (χ0) is 23.5. The van der Waals surface area contributed by atoms with Gasteiger partial charge in [0.25, 0.3) is 0 Å². The number of benzene rings is 1. The summed E-state index contributed by atoms with van der Waals surface area (Å²) in [4.78, 5) is 34.6. The second-order valence-corrected chi connectivity index (χ2v) is 9.39. The van der Waals surface area contributed by atoms with Gasteiger partial charge in [-0.2, -0.15) is 0 Å². The number of hydrogen-bond donors (Lipinski definition) is 0. The van der Waals surface area contributed by atoms with Gasteiger partial charge in [-0.3, -0.25) is 9.59 Å². The molecular weight excluding hydrogens is 424 g/mol. The van der Waals surface area contributed by atoms with Crippen LogP contribution in [0.3, 0.4) is 0 Å². The highest BCUT2D eigenvalue weighted by molar-refractivity contribution is 5.98. The zero-order valence-electron chi connectivity index (χ0n) is 19.1. The molecule has 1 saturated heterocycles. The van der Waals surface area contributed by atoms with Gasteiger partial charge in [0, 0.05) is 55.7 Å². The fourth-order valence-corrected chi connectivity index (χ4v) is 5.25. The van der Waals surface area contributed by atoms with Crippen LogP contribution < -0.4 is 9.80 Å². The number of carbonyl (C=O) groups excluding carboxylic acids is 2. The highest BCUT2D eigenvalue weighted by Gasteiger charge is 2.45. The highest BCUT2D eigenvalue weighted by Crippen LogP contribution is 2.41. The molecule has 0 radical (unpaired) electrons. The third-order valence-electron chi connectivity index (χ3n) is 7.21. The molecule has 33 heavy (non-hydrogen) atoms. The maximum Gasteiger partial charge on any atom is 0.250 e. The summed E-state index contributed by atoms with van der Waals surface area (Å²) in [5.74, 6) is -2.18. The molecule has 2 aliphatic rings. The fraction of sp³-hybridized carbons (Fsp3) is 0.500. The van der Waals surface area contributed by atoms with Crippen LogP contribution in [0.4, 0.5) is 20.3 Å². The molecule has 176 valence electrons. The minimum atomic E-state index is -2.78. The number of alkyl halides is 2. The van der Waals surface area contributed by atoms with E-state index in [9.17, 15) is 18.4 Å². The van der Waals surface area contributed by atoms with Gasteiger partial charge in [0.2, 0.25) is 11.8 Å². The summed E-state index contributed by atoms with van der Waals surface area (Å²) in [6.45, 7) is 2.79. The molecule has 2 fully saturated rings. The lowest BCUT2D eigenvalue weighted by molar-refractivity contribution is -0.134. The van der Waals surface area contributed by atoms with E-state index in [-0.39, 0.29) is 31.0 Å². The molecule has 1 amide bonds. The third kappa shape index (κ3) is 5.23. The van der Waals surface area contributed by atoms with Crippen molar-refractivity contribution in [1.82, 2.24) is 4.98 Å². The Labute approximate surface area is 193 Å². The first-order valence-corrected chi connectivity index (χ1v) is 11.7. The van der Waals surface area contributed by atoms with Gasteiger partial charge in [-0.05, 0) is 56.9 Å². The Morgan fingerprint density at radius 3 is 2.36 bits per heavy atom. The van der Waals surface area contributed by atoms with E-state index in [0.717, 1.165) is 5.82 Å². The molecule has 2 heterocycles. The average molecular weight is 456 g/mol. The predicted octanol–water partition coefficient (Wildman–Crippen LogP) is 5.26. The number of anilines is 2. The first-order valence-electron chi connectivity index (χ1n) is 11.7. The Morgan fingerprint density at radius 1 is 1.06 bits per heavy atom. The van der Waals surface area contributed by atoms with Crippen molar-refractivity contribution in [3.05, 3.63) is 54.7 Å². The number of aromatic nitrogens is 1. The third-order valence-corrected chi connectivity index (χ3v) is 7.21. The van der Waals surface area contributed by atoms with Gasteiger partial charge >= 0.3 is 0 Å². The number of para-hydroxylation sites is 1. The minimum Gasteiger partial charge on any atom is -0.357 e. The van der Waals surface area contributed by atoms with Crippen LogP contribution in [0.15, 0.2) is 54.7 Å². The molecule has 7 heteroatoms. The van der Waals surface area contributed by atoms with E-state index in [4.69, 9.17) is 0 Å². The maximum atomic E-state index is 14.3. The normalized spacial score (nSPS) is 21.9. The number of Topliss-reactive ketones (excluding diaryl/α,β-unsaturated/α-hetero) is 1. The molecule has 1 aliphatic carbocycles. The van der Waals surface area contributed by atoms with E-state index in [1.165, 1.54) is 0 Å². The maximum absolute atomic E-state index is 14.3. The lowest BCUT2D eigenvalue weighted by atomic mass is 9.72. The Balaban J connectivity index is 1.55. The Hall–Kier alpha value is -2.83. The van der Waals surface area contributed by atoms with E-state index in [0.29, 0.717) is 44.5 Å². The summed E-state index contributed by atoms with van der Waals surface area (Å²) < 4.78 is 28.5. The molecule has 1 unspecified atom stereocenters. The second-order valence-electron chi connectivity index (χ2n) is 9.39. The largest absolute Gasteiger partial charge is 0.357 e. The summed E-state index contributed by atoms with van der Waals surface area (Å²) in [6, 6.07) is 14.2. The van der Waals surface area contributed by atoms with Gasteiger partial charge in [0.05, 0.1) is 0 Å². The van der Waals surface area contributed by atoms with Crippen LogP contribution in [0.25, 0.3) is 0 Å². The average Bonchev–Trinajstić information content (AvgIpc) is 2.80. The summed E-state index contributed by atoms with van der Waals surface area (Å²) >= 11 is 0. The Morgan fingerprint density at radius 2 is 1.76 bits per heavy atom. The molecule has 0 spiro atoms. The molecule has 1 atom stereocenters. The molecule has 2 aromatic rings. The van der Waals surface area contributed by atoms with Crippen LogP contribution in [-0.2, 0) is 9.59 Å². The first-order chi connectivity index (χ1) is 15.8. The molecule has 1 aliphatic heterocycles. The molecule has 1 aromatic heterocycles. The Kier molecular flexibility index (Phi) is 6.77. The van der Waals surface area contributed by atoms with Gasteiger partial charge in [-0.1, -0.05) is 24.3 Å². The van der Waals surface area contributed by atoms with Crippen LogP contribution in [0.1, 0.15) is 51.9 Å². The number of rotatable bonds is 6. The lowest BCUT2D eigenvalue weighted by Crippen LogP contribution is -2.50. The second kappa shape index (κ2) is 9.57. The summed E-state index contributed by atoms with van der Waals surface area (Å²) in [6.07, 6.45) is 3.29. The number of ketones is 1. The van der Waals surface area contributed by atoms with E-state index in [1.54, 1.807) is 30.2 Å². The summed E-state index contributed by atoms with van der Waals surface area (Å²) in [5, 5.41) is 0. The van der Waals surface area contributed by atoms with E-state index < -0.39 is 17.4 Å². The number of halogens is 2. The summed E-state index contributed by atoms with van der Waals surface area (Å²) in [5.41, 5.74) is -0.165. The smallest absolute Gasteiger partial charge is 0.250 e. The molecule has 4 rings (SSSR count). The van der Waals surface area contributed by atoms with Crippen molar-refractivity contribution in [2.45, 2.75) is 63.8 Å². The van der Waals surface area contributed by atoms with Crippen molar-refractivity contribution >= 4 is 23.2 Å². The van der Waals surface area contributed by atoms with Gasteiger partial charge in [-0.25, -0.2) is 13.8 Å². The van der Waals surface area contributed by atoms with Crippen LogP contribution in [0.5, 0.6) is 0 Å². The van der Waals surface area contributed by atoms with Crippen LogP contribution in [0.2, 0.25) is 0 Å². The van der Waals surface area contributed by atoms with Crippen molar-refractivity contribution in [2.24, 2.45) is 5.41 Å². The Bertz CT molecular complexity index is 960. The quantitative estimate of drug-likeness (QED) is 0.596. The van der Waals surface area contributed by atoms with E-state index >= 15 is 0 Å². The first kappa shape index (κ1) is 23.3. The fourth-order valence-electron chi connectivity index (χ4n) is 5.25. The van der Waals surface area contributed by atoms with Crippen LogP contribution >= 0.6 is 0 Å². The van der Waals surface area contributed by atoms with Gasteiger partial charge in [0.15, 0.2) is 0 Å². The van der Waals surface area contributed by atoms with Crippen molar-refractivity contribution in [1.29, 1.82) is 0 Å². The number of hydrogen-bond acceptors (Lipinski definition) is 4. The van der Waals surface area contributed by atoms with Crippen molar-refractivity contribution < 1.29 is 18.4 Å². The molecule has 1 aromatic carbocycles. The highest BCUT2D eigenvalue weighted by atomic mass is 19.3. The van der Waals surface area contributed by atoms with E-state index in [1.807, 2.05) is 36.4 Å². The molecular formula is C26H31F2N3O2. The SMILES string of the molecule is CC(=O)C1(CC(=O)N(c2ccccc2)C2CCCC(F)(F)C2)CCN(c2ccccn2)CC1. The zero-order valence-corrected chi connectivity index (χ0v) is 19.1. The molecule has 0 bridgehead atoms. The molecule has 0 N–H and O–H groups in total. The number of pyridine rings is 1. The van der Waals surface area contributed by atoms with Gasteiger partial charge in [0.1, 0.15) is 11.6 Å². The molecule has 1 saturated carbocycles. The number of nitrogens with zero attached hydrogens (tertiary/aromatic N) is 3. The monoisotopic (exact) mass is 455 g/mol. The standard InChI is InChI=1S/C26H31F2N3O2/c1-20(32)25(13-16-30(17-14-25)23-11-5-6-15-29-23)19-24(33)31(21-8-3-2-4-9-21)22-10-7-12-26(27,28)18-22/h2-6,8-9,11,15,22H,7,10,12-14,16-19H2,1H3. The minimum absolute atomic E-state index is 0.0153. The summed E-state index contributed by atoms with van der Waals surface area (Å²) in [7, 11) is 0. The topological polar surface area (TPSA) is 53.5 Å². The van der Waals surface area contributed by atoms with Crippen LogP contribution in [-0.4, -0.2) is 41.7 Å². The predicted molar refractivity (Wildman–Crippen MR) is 125 cm³/mol. The van der Waals surface area contributed by atoms with Crippen molar-refractivity contribution in [3.63, 3.8) is 0 Å². The van der Waals surface area contributed by atoms with Crippen LogP contribution in [0, 0.1) is 5.41 Å². The van der Waals surface area contributed by atoms with Crippen molar-refractivity contribution in [2.75, 3.05) is 22.9 Å². The van der Waals surface area contributed by atoms with Crippen molar-refractivity contribution in [3.8, 4) is 0 Å². The lowest BCUT2D eigenvalue weighted by Gasteiger charge is -2.43. The number of piperidine rings is 1. The number of amides is 1. The van der Waals surface area contributed by atoms with E-state index in [2.05, 4.69) is 9.88 Å². The van der Waals surface area contributed by atoms with Gasteiger partial charge in [-0.15, -0.1) is 0 Å².